The van der Waals surface area contributed by atoms with E-state index >= 15 is 0 Å². The summed E-state index contributed by atoms with van der Waals surface area (Å²) in [5, 5.41) is 3.39. The standard InChI is InChI=1S/C17H20N2O2/c1-12(14-7-3-4-9-19-14)16(18-2)13-6-5-8-15-17(13)21-11-10-20-15/h3-9,12,16,18H,10-11H2,1-2H3. The lowest BCUT2D eigenvalue weighted by Gasteiger charge is -2.28. The molecule has 3 rings (SSSR count). The van der Waals surface area contributed by atoms with Crippen LogP contribution in [0.1, 0.15) is 30.1 Å². The van der Waals surface area contributed by atoms with Crippen LogP contribution in [0.4, 0.5) is 0 Å². The molecule has 4 nitrogen and oxygen atoms in total. The zero-order valence-corrected chi connectivity index (χ0v) is 12.4. The van der Waals surface area contributed by atoms with E-state index in [1.54, 1.807) is 0 Å². The average Bonchev–Trinajstić information content (AvgIpc) is 2.56. The van der Waals surface area contributed by atoms with E-state index in [0.717, 1.165) is 22.8 Å². The van der Waals surface area contributed by atoms with E-state index in [2.05, 4.69) is 29.4 Å². The van der Waals surface area contributed by atoms with Crippen molar-refractivity contribution in [3.05, 3.63) is 53.9 Å². The number of nitrogens with zero attached hydrogens (tertiary/aromatic N) is 1. The number of benzene rings is 1. The number of likely N-dealkylation sites (N-methyl/N-ethyl adjacent to an activating group) is 1. The monoisotopic (exact) mass is 284 g/mol. The van der Waals surface area contributed by atoms with Crippen molar-refractivity contribution in [1.82, 2.24) is 10.3 Å². The fraction of sp³-hybridized carbons (Fsp3) is 0.353. The number of hydrogen-bond donors (Lipinski definition) is 1. The third-order valence-corrected chi connectivity index (χ3v) is 3.90. The highest BCUT2D eigenvalue weighted by atomic mass is 16.6. The lowest BCUT2D eigenvalue weighted by molar-refractivity contribution is 0.168. The molecule has 0 fully saturated rings. The van der Waals surface area contributed by atoms with Crippen LogP contribution in [0.5, 0.6) is 11.5 Å². The zero-order valence-electron chi connectivity index (χ0n) is 12.4. The van der Waals surface area contributed by atoms with E-state index in [1.165, 1.54) is 0 Å². The highest BCUT2D eigenvalue weighted by Gasteiger charge is 2.26. The molecular formula is C17H20N2O2. The second-order valence-electron chi connectivity index (χ2n) is 5.18. The van der Waals surface area contributed by atoms with Crippen LogP contribution < -0.4 is 14.8 Å². The summed E-state index contributed by atoms with van der Waals surface area (Å²) in [4.78, 5) is 4.47. The van der Waals surface area contributed by atoms with Gasteiger partial charge in [-0.15, -0.1) is 0 Å². The fourth-order valence-electron chi connectivity index (χ4n) is 2.83. The van der Waals surface area contributed by atoms with Crippen LogP contribution in [0, 0.1) is 0 Å². The Morgan fingerprint density at radius 3 is 2.71 bits per heavy atom. The normalized spacial score (nSPS) is 16.3. The second-order valence-corrected chi connectivity index (χ2v) is 5.18. The number of aromatic nitrogens is 1. The molecule has 2 heterocycles. The van der Waals surface area contributed by atoms with Crippen molar-refractivity contribution < 1.29 is 9.47 Å². The number of ether oxygens (including phenoxy) is 2. The summed E-state index contributed by atoms with van der Waals surface area (Å²) in [5.41, 5.74) is 2.18. The lowest BCUT2D eigenvalue weighted by atomic mass is 9.90. The Kier molecular flexibility index (Phi) is 4.06. The van der Waals surface area contributed by atoms with E-state index in [1.807, 2.05) is 37.5 Å². The Morgan fingerprint density at radius 2 is 1.95 bits per heavy atom. The Balaban J connectivity index is 1.97. The Morgan fingerprint density at radius 1 is 1.10 bits per heavy atom. The van der Waals surface area contributed by atoms with Crippen molar-refractivity contribution in [1.29, 1.82) is 0 Å². The van der Waals surface area contributed by atoms with Gasteiger partial charge in [0.05, 0.1) is 0 Å². The third kappa shape index (κ3) is 2.72. The molecule has 0 amide bonds. The number of rotatable bonds is 4. The number of nitrogens with one attached hydrogen (secondary N) is 1. The van der Waals surface area contributed by atoms with Crippen LogP contribution in [0.3, 0.4) is 0 Å². The van der Waals surface area contributed by atoms with E-state index in [4.69, 9.17) is 9.47 Å². The fourth-order valence-corrected chi connectivity index (χ4v) is 2.83. The largest absolute Gasteiger partial charge is 0.486 e. The maximum Gasteiger partial charge on any atom is 0.166 e. The van der Waals surface area contributed by atoms with Crippen molar-refractivity contribution in [3.63, 3.8) is 0 Å². The number of pyridine rings is 1. The van der Waals surface area contributed by atoms with Gasteiger partial charge in [0.15, 0.2) is 11.5 Å². The summed E-state index contributed by atoms with van der Waals surface area (Å²) in [7, 11) is 1.97. The van der Waals surface area contributed by atoms with E-state index in [-0.39, 0.29) is 12.0 Å². The summed E-state index contributed by atoms with van der Waals surface area (Å²) < 4.78 is 11.5. The first-order valence-electron chi connectivity index (χ1n) is 7.28. The Bertz CT molecular complexity index is 601. The number of para-hydroxylation sites is 1. The lowest BCUT2D eigenvalue weighted by Crippen LogP contribution is -2.25. The molecule has 1 aliphatic rings. The number of hydrogen-bond acceptors (Lipinski definition) is 4. The molecule has 1 aromatic carbocycles. The van der Waals surface area contributed by atoms with Gasteiger partial charge in [0.1, 0.15) is 13.2 Å². The minimum absolute atomic E-state index is 0.122. The second kappa shape index (κ2) is 6.14. The molecule has 0 saturated heterocycles. The van der Waals surface area contributed by atoms with Gasteiger partial charge in [0, 0.05) is 29.4 Å². The van der Waals surface area contributed by atoms with Crippen molar-refractivity contribution >= 4 is 0 Å². The summed E-state index contributed by atoms with van der Waals surface area (Å²) in [6, 6.07) is 12.2. The first kappa shape index (κ1) is 13.9. The molecule has 110 valence electrons. The molecule has 0 bridgehead atoms. The summed E-state index contributed by atoms with van der Waals surface area (Å²) in [5.74, 6) is 1.91. The minimum atomic E-state index is 0.122. The molecule has 0 radical (unpaired) electrons. The third-order valence-electron chi connectivity index (χ3n) is 3.90. The molecule has 0 saturated carbocycles. The number of fused-ring (bicyclic) bond motifs is 1. The van der Waals surface area contributed by atoms with Gasteiger partial charge in [-0.2, -0.15) is 0 Å². The molecule has 2 unspecified atom stereocenters. The van der Waals surface area contributed by atoms with Gasteiger partial charge in [0.25, 0.3) is 0 Å². The Hall–Kier alpha value is -2.07. The van der Waals surface area contributed by atoms with Crippen molar-refractivity contribution in [2.45, 2.75) is 18.9 Å². The van der Waals surface area contributed by atoms with E-state index in [0.29, 0.717) is 13.2 Å². The van der Waals surface area contributed by atoms with Gasteiger partial charge < -0.3 is 14.8 Å². The molecule has 2 aromatic rings. The van der Waals surface area contributed by atoms with Crippen LogP contribution in [0.25, 0.3) is 0 Å². The van der Waals surface area contributed by atoms with Crippen LogP contribution in [-0.4, -0.2) is 25.2 Å². The smallest absolute Gasteiger partial charge is 0.166 e. The topological polar surface area (TPSA) is 43.4 Å². The predicted octanol–water partition coefficient (Wildman–Crippen LogP) is 2.92. The van der Waals surface area contributed by atoms with Gasteiger partial charge >= 0.3 is 0 Å². The summed E-state index contributed by atoms with van der Waals surface area (Å²) in [6.07, 6.45) is 1.83. The zero-order chi connectivity index (χ0) is 14.7. The SMILES string of the molecule is CNC(c1cccc2c1OCCO2)C(C)c1ccccn1. The molecule has 4 heteroatoms. The molecule has 1 aromatic heterocycles. The summed E-state index contributed by atoms with van der Waals surface area (Å²) >= 11 is 0. The molecular weight excluding hydrogens is 264 g/mol. The van der Waals surface area contributed by atoms with Gasteiger partial charge in [-0.05, 0) is 25.2 Å². The maximum atomic E-state index is 5.84. The van der Waals surface area contributed by atoms with Crippen LogP contribution >= 0.6 is 0 Å². The molecule has 0 spiro atoms. The Labute approximate surface area is 125 Å². The van der Waals surface area contributed by atoms with Crippen molar-refractivity contribution in [2.75, 3.05) is 20.3 Å². The molecule has 0 aliphatic carbocycles. The minimum Gasteiger partial charge on any atom is -0.486 e. The molecule has 1 N–H and O–H groups in total. The van der Waals surface area contributed by atoms with Gasteiger partial charge in [-0.3, -0.25) is 4.98 Å². The quantitative estimate of drug-likeness (QED) is 0.937. The van der Waals surface area contributed by atoms with E-state index in [9.17, 15) is 0 Å². The molecule has 2 atom stereocenters. The predicted molar refractivity (Wildman–Crippen MR) is 81.9 cm³/mol. The van der Waals surface area contributed by atoms with Crippen LogP contribution in [0.15, 0.2) is 42.6 Å². The average molecular weight is 284 g/mol. The first-order chi connectivity index (χ1) is 10.3. The van der Waals surface area contributed by atoms with Gasteiger partial charge in [0.2, 0.25) is 0 Å². The maximum absolute atomic E-state index is 5.84. The van der Waals surface area contributed by atoms with Crippen molar-refractivity contribution in [2.24, 2.45) is 0 Å². The highest BCUT2D eigenvalue weighted by molar-refractivity contribution is 5.49. The van der Waals surface area contributed by atoms with Crippen LogP contribution in [0.2, 0.25) is 0 Å². The van der Waals surface area contributed by atoms with Gasteiger partial charge in [-0.1, -0.05) is 25.1 Å². The highest BCUT2D eigenvalue weighted by Crippen LogP contribution is 2.41. The van der Waals surface area contributed by atoms with E-state index < -0.39 is 0 Å². The molecule has 21 heavy (non-hydrogen) atoms. The molecule has 1 aliphatic heterocycles. The first-order valence-corrected chi connectivity index (χ1v) is 7.28. The van der Waals surface area contributed by atoms with Gasteiger partial charge in [-0.25, -0.2) is 0 Å². The summed E-state index contributed by atoms with van der Waals surface area (Å²) in [6.45, 7) is 3.38. The van der Waals surface area contributed by atoms with Crippen LogP contribution in [-0.2, 0) is 0 Å². The van der Waals surface area contributed by atoms with Crippen molar-refractivity contribution in [3.8, 4) is 11.5 Å².